The number of piperidine rings is 1. The van der Waals surface area contributed by atoms with Gasteiger partial charge in [-0.25, -0.2) is 9.97 Å². The molecule has 0 spiro atoms. The van der Waals surface area contributed by atoms with Crippen LogP contribution in [0.4, 0.5) is 5.82 Å². The number of anilines is 1. The molecule has 3 aliphatic rings. The molecule has 3 amide bonds. The maximum absolute atomic E-state index is 13.3. The number of hydrogen-bond donors (Lipinski definition) is 2. The number of rotatable bonds is 18. The molecule has 4 heterocycles. The summed E-state index contributed by atoms with van der Waals surface area (Å²) in [6, 6.07) is 13.5. The van der Waals surface area contributed by atoms with Crippen molar-refractivity contribution in [3.8, 4) is 33.8 Å². The SMILES string of the molecule is CC(C)(O)C#Cc1cccc(COc2cc(-c3cnc(C4CCN(C(=O)CCOCCCCCCCOc5cccc6c5C(=O)N(C5CCC(=O)CC5=O)C6=O)CC4)s3)cnc2N)c1. The van der Waals surface area contributed by atoms with Crippen LogP contribution in [-0.2, 0) is 25.7 Å². The van der Waals surface area contributed by atoms with E-state index in [4.69, 9.17) is 24.9 Å². The molecule has 1 saturated carbocycles. The van der Waals surface area contributed by atoms with E-state index in [-0.39, 0.29) is 54.6 Å². The van der Waals surface area contributed by atoms with Crippen LogP contribution in [0, 0.1) is 11.8 Å². The lowest BCUT2D eigenvalue weighted by molar-refractivity contribution is -0.134. The number of aliphatic hydroxyl groups is 1. The lowest BCUT2D eigenvalue weighted by Gasteiger charge is -2.31. The number of likely N-dealkylation sites (tertiary alicyclic amines) is 1. The third-order valence-corrected chi connectivity index (χ3v) is 12.7. The summed E-state index contributed by atoms with van der Waals surface area (Å²) in [6.07, 6.45) is 10.2. The van der Waals surface area contributed by atoms with Crippen LogP contribution in [0.5, 0.6) is 11.5 Å². The molecule has 2 aromatic carbocycles. The topological polar surface area (TPSA) is 192 Å². The van der Waals surface area contributed by atoms with Gasteiger partial charge in [0, 0.05) is 55.6 Å². The van der Waals surface area contributed by atoms with E-state index in [0.717, 1.165) is 76.4 Å². The first-order valence-electron chi connectivity index (χ1n) is 22.1. The van der Waals surface area contributed by atoms with Gasteiger partial charge in [0.1, 0.15) is 23.7 Å². The highest BCUT2D eigenvalue weighted by molar-refractivity contribution is 7.15. The minimum Gasteiger partial charge on any atom is -0.493 e. The van der Waals surface area contributed by atoms with Gasteiger partial charge in [0.05, 0.1) is 53.1 Å². The van der Waals surface area contributed by atoms with E-state index in [2.05, 4.69) is 16.8 Å². The van der Waals surface area contributed by atoms with Crippen LogP contribution in [0.3, 0.4) is 0 Å². The number of benzene rings is 2. The third-order valence-electron chi connectivity index (χ3n) is 11.5. The first kappa shape index (κ1) is 46.1. The number of carbonyl (C=O) groups is 5. The number of hydrogen-bond acceptors (Lipinski definition) is 13. The summed E-state index contributed by atoms with van der Waals surface area (Å²) in [5.41, 5.74) is 8.07. The number of imide groups is 1. The maximum Gasteiger partial charge on any atom is 0.266 e. The van der Waals surface area contributed by atoms with E-state index in [9.17, 15) is 29.1 Å². The number of nitrogens with zero attached hydrogens (tertiary/aromatic N) is 4. The number of nitrogen functional groups attached to an aromatic ring is 1. The first-order chi connectivity index (χ1) is 30.8. The Kier molecular flexibility index (Phi) is 15.2. The zero-order valence-corrected chi connectivity index (χ0v) is 37.3. The molecule has 0 bridgehead atoms. The maximum atomic E-state index is 13.3. The molecule has 4 aromatic rings. The van der Waals surface area contributed by atoms with Gasteiger partial charge in [0.15, 0.2) is 17.4 Å². The van der Waals surface area contributed by atoms with Crippen molar-refractivity contribution in [3.05, 3.63) is 88.2 Å². The van der Waals surface area contributed by atoms with Crippen molar-refractivity contribution in [1.29, 1.82) is 0 Å². The summed E-state index contributed by atoms with van der Waals surface area (Å²) in [7, 11) is 0. The summed E-state index contributed by atoms with van der Waals surface area (Å²) in [5, 5.41) is 11.0. The molecule has 0 radical (unpaired) electrons. The molecule has 1 unspecified atom stereocenters. The average Bonchev–Trinajstić information content (AvgIpc) is 3.87. The summed E-state index contributed by atoms with van der Waals surface area (Å²) in [6.45, 7) is 6.28. The molecule has 2 fully saturated rings. The van der Waals surface area contributed by atoms with Gasteiger partial charge >= 0.3 is 0 Å². The number of fused-ring (bicyclic) bond motifs is 1. The van der Waals surface area contributed by atoms with Crippen molar-refractivity contribution in [2.45, 2.75) is 109 Å². The van der Waals surface area contributed by atoms with Crippen LogP contribution in [-0.4, -0.2) is 98.7 Å². The van der Waals surface area contributed by atoms with E-state index in [0.29, 0.717) is 56.6 Å². The predicted octanol–water partition coefficient (Wildman–Crippen LogP) is 6.92. The highest BCUT2D eigenvalue weighted by atomic mass is 32.1. The average molecular weight is 890 g/mol. The van der Waals surface area contributed by atoms with Gasteiger partial charge in [-0.3, -0.25) is 28.9 Å². The van der Waals surface area contributed by atoms with E-state index in [1.807, 2.05) is 41.4 Å². The van der Waals surface area contributed by atoms with Gasteiger partial charge in [-0.15, -0.1) is 11.3 Å². The Hall–Kier alpha value is -5.95. The molecule has 15 heteroatoms. The summed E-state index contributed by atoms with van der Waals surface area (Å²) >= 11 is 1.62. The molecular weight excluding hydrogens is 835 g/mol. The predicted molar refractivity (Wildman–Crippen MR) is 241 cm³/mol. The monoisotopic (exact) mass is 889 g/mol. The molecule has 3 N–H and O–H groups in total. The quantitative estimate of drug-likeness (QED) is 0.0455. The molecule has 1 aliphatic carbocycles. The van der Waals surface area contributed by atoms with Crippen LogP contribution in [0.2, 0.25) is 0 Å². The van der Waals surface area contributed by atoms with Crippen molar-refractivity contribution in [1.82, 2.24) is 19.8 Å². The standard InChI is InChI=1S/C49H55N5O9S/c1-49(2,60)20-16-32-10-8-11-33(26-32)31-63-41-27-35(29-51-45(41)50)42-30-52-46(64-42)34-17-21-53(22-18-34)43(57)19-25-61-23-6-4-3-5-7-24-62-40-13-9-12-37-44(40)48(59)54(47(37)58)38-15-14-36(55)28-39(38)56/h8-13,26-27,29-30,34,38,60H,3-7,14-15,17-19,21-25,28,31H2,1-2H3,(H2,50,51). The number of carbonyl (C=O) groups excluding carboxylic acids is 5. The number of ether oxygens (including phenoxy) is 3. The zero-order valence-electron chi connectivity index (χ0n) is 36.4. The number of pyridine rings is 1. The number of amides is 3. The van der Waals surface area contributed by atoms with Crippen molar-refractivity contribution in [2.75, 3.05) is 38.6 Å². The minimum absolute atomic E-state index is 0.106. The largest absolute Gasteiger partial charge is 0.493 e. The van der Waals surface area contributed by atoms with E-state index in [1.165, 1.54) is 0 Å². The number of thiazole rings is 1. The van der Waals surface area contributed by atoms with Gasteiger partial charge in [-0.1, -0.05) is 49.3 Å². The van der Waals surface area contributed by atoms with Gasteiger partial charge in [-0.2, -0.15) is 0 Å². The second-order valence-electron chi connectivity index (χ2n) is 17.0. The molecule has 14 nitrogen and oxygen atoms in total. The molecule has 2 aliphatic heterocycles. The first-order valence-corrected chi connectivity index (χ1v) is 22.9. The summed E-state index contributed by atoms with van der Waals surface area (Å²) < 4.78 is 17.8. The molecule has 336 valence electrons. The van der Waals surface area contributed by atoms with E-state index < -0.39 is 29.2 Å². The van der Waals surface area contributed by atoms with Crippen LogP contribution in [0.25, 0.3) is 10.4 Å². The second-order valence-corrected chi connectivity index (χ2v) is 18.1. The number of Topliss-reactive ketones (excluding diaryl/α,β-unsaturated/α-hetero) is 2. The normalized spacial score (nSPS) is 16.8. The van der Waals surface area contributed by atoms with Crippen molar-refractivity contribution in [3.63, 3.8) is 0 Å². The van der Waals surface area contributed by atoms with E-state index in [1.54, 1.807) is 49.6 Å². The van der Waals surface area contributed by atoms with Crippen LogP contribution in [0.15, 0.2) is 60.9 Å². The molecule has 1 saturated heterocycles. The molecule has 64 heavy (non-hydrogen) atoms. The van der Waals surface area contributed by atoms with Crippen LogP contribution >= 0.6 is 11.3 Å². The highest BCUT2D eigenvalue weighted by Gasteiger charge is 2.45. The van der Waals surface area contributed by atoms with Gasteiger partial charge in [0.25, 0.3) is 11.8 Å². The summed E-state index contributed by atoms with van der Waals surface area (Å²) in [5.74, 6) is 5.68. The third kappa shape index (κ3) is 11.8. The lowest BCUT2D eigenvalue weighted by Crippen LogP contribution is -2.47. The lowest BCUT2D eigenvalue weighted by atomic mass is 9.92. The summed E-state index contributed by atoms with van der Waals surface area (Å²) in [4.78, 5) is 76.5. The van der Waals surface area contributed by atoms with Crippen molar-refractivity contribution >= 4 is 46.4 Å². The molecule has 7 rings (SSSR count). The van der Waals surface area contributed by atoms with E-state index >= 15 is 0 Å². The Morgan fingerprint density at radius 3 is 2.44 bits per heavy atom. The fraction of sp³-hybridized carbons (Fsp3) is 0.449. The number of ketones is 2. The Balaban J connectivity index is 0.754. The van der Waals surface area contributed by atoms with Crippen LogP contribution < -0.4 is 15.2 Å². The number of nitrogens with two attached hydrogens (primary N) is 1. The molecule has 1 atom stereocenters. The van der Waals surface area contributed by atoms with Crippen LogP contribution in [0.1, 0.15) is 127 Å². The number of unbranched alkanes of at least 4 members (excludes halogenated alkanes) is 4. The fourth-order valence-electron chi connectivity index (χ4n) is 8.06. The van der Waals surface area contributed by atoms with Gasteiger partial charge < -0.3 is 30.0 Å². The highest BCUT2D eigenvalue weighted by Crippen LogP contribution is 2.37. The Labute approximate surface area is 377 Å². The molecular formula is C49H55N5O9S. The Morgan fingerprint density at radius 2 is 1.66 bits per heavy atom. The number of aromatic nitrogens is 2. The Bertz CT molecular complexity index is 2420. The zero-order chi connectivity index (χ0) is 45.2. The molecule has 2 aromatic heterocycles. The van der Waals surface area contributed by atoms with Gasteiger partial charge in [-0.05, 0) is 81.8 Å². The smallest absolute Gasteiger partial charge is 0.266 e. The Morgan fingerprint density at radius 1 is 0.891 bits per heavy atom. The minimum atomic E-state index is -1.08. The van der Waals surface area contributed by atoms with Crippen molar-refractivity contribution < 1.29 is 43.3 Å². The second kappa shape index (κ2) is 21.2. The van der Waals surface area contributed by atoms with Crippen molar-refractivity contribution in [2.24, 2.45) is 0 Å². The van der Waals surface area contributed by atoms with Gasteiger partial charge in [0.2, 0.25) is 5.91 Å². The fourth-order valence-corrected chi connectivity index (χ4v) is 9.13.